The molecule has 2 rings (SSSR count). The van der Waals surface area contributed by atoms with Gasteiger partial charge in [-0.05, 0) is 17.7 Å². The van der Waals surface area contributed by atoms with Crippen LogP contribution in [0.3, 0.4) is 0 Å². The highest BCUT2D eigenvalue weighted by Crippen LogP contribution is 2.09. The predicted molar refractivity (Wildman–Crippen MR) is 48.0 cm³/mol. The second kappa shape index (κ2) is 3.26. The van der Waals surface area contributed by atoms with Gasteiger partial charge in [0, 0.05) is 5.69 Å². The highest BCUT2D eigenvalue weighted by Gasteiger charge is 2.00. The van der Waals surface area contributed by atoms with E-state index in [9.17, 15) is 0 Å². The molecule has 0 amide bonds. The van der Waals surface area contributed by atoms with E-state index in [2.05, 4.69) is 10.1 Å². The van der Waals surface area contributed by atoms with Crippen molar-refractivity contribution in [2.75, 3.05) is 5.73 Å². The predicted octanol–water partition coefficient (Wildman–Crippen LogP) is 1.24. The van der Waals surface area contributed by atoms with Crippen LogP contribution in [0, 0.1) is 0 Å². The Morgan fingerprint density at radius 2 is 2.00 bits per heavy atom. The zero-order valence-corrected chi connectivity index (χ0v) is 6.97. The number of nitrogens with zero attached hydrogens (tertiary/aromatic N) is 2. The average molecular weight is 175 g/mol. The van der Waals surface area contributed by atoms with E-state index in [1.54, 1.807) is 0 Å². The minimum absolute atomic E-state index is 0.616. The molecule has 1 aromatic heterocycles. The van der Waals surface area contributed by atoms with Gasteiger partial charge in [-0.25, -0.2) is 0 Å². The third kappa shape index (κ3) is 1.84. The molecule has 4 heteroatoms. The Bertz CT molecular complexity index is 366. The Morgan fingerprint density at radius 1 is 1.23 bits per heavy atom. The topological polar surface area (TPSA) is 64.9 Å². The summed E-state index contributed by atoms with van der Waals surface area (Å²) in [6.45, 7) is 0. The molecular formula is C9H9N3O. The molecule has 4 nitrogen and oxygen atoms in total. The molecule has 0 aliphatic heterocycles. The maximum atomic E-state index is 5.55. The highest BCUT2D eigenvalue weighted by molar-refractivity contribution is 5.39. The van der Waals surface area contributed by atoms with Gasteiger partial charge in [-0.1, -0.05) is 17.3 Å². The Kier molecular flexibility index (Phi) is 1.96. The second-order valence-electron chi connectivity index (χ2n) is 2.75. The molecule has 0 saturated heterocycles. The largest absolute Gasteiger partial charge is 0.399 e. The summed E-state index contributed by atoms with van der Waals surface area (Å²) in [7, 11) is 0. The van der Waals surface area contributed by atoms with Gasteiger partial charge in [0.15, 0.2) is 6.33 Å². The summed E-state index contributed by atoms with van der Waals surface area (Å²) in [6, 6.07) is 7.59. The van der Waals surface area contributed by atoms with Gasteiger partial charge in [0.25, 0.3) is 0 Å². The molecule has 2 aromatic rings. The first-order valence-electron chi connectivity index (χ1n) is 3.94. The van der Waals surface area contributed by atoms with Crippen LogP contribution in [-0.4, -0.2) is 10.1 Å². The van der Waals surface area contributed by atoms with Gasteiger partial charge < -0.3 is 10.3 Å². The smallest absolute Gasteiger partial charge is 0.230 e. The van der Waals surface area contributed by atoms with Crippen LogP contribution in [0.25, 0.3) is 0 Å². The van der Waals surface area contributed by atoms with Crippen LogP contribution >= 0.6 is 0 Å². The van der Waals surface area contributed by atoms with Crippen molar-refractivity contribution in [3.63, 3.8) is 0 Å². The van der Waals surface area contributed by atoms with E-state index in [1.165, 1.54) is 6.33 Å². The van der Waals surface area contributed by atoms with Crippen molar-refractivity contribution in [2.24, 2.45) is 0 Å². The zero-order chi connectivity index (χ0) is 9.10. The maximum absolute atomic E-state index is 5.55. The number of anilines is 1. The highest BCUT2D eigenvalue weighted by atomic mass is 16.5. The lowest BCUT2D eigenvalue weighted by Crippen LogP contribution is -1.89. The number of hydrogen-bond donors (Lipinski definition) is 1. The van der Waals surface area contributed by atoms with E-state index in [0.717, 1.165) is 11.3 Å². The van der Waals surface area contributed by atoms with Crippen molar-refractivity contribution in [1.29, 1.82) is 0 Å². The third-order valence-corrected chi connectivity index (χ3v) is 1.74. The van der Waals surface area contributed by atoms with E-state index < -0.39 is 0 Å². The normalized spacial score (nSPS) is 10.2. The summed E-state index contributed by atoms with van der Waals surface area (Å²) in [5.74, 6) is 0.616. The van der Waals surface area contributed by atoms with Crippen LogP contribution < -0.4 is 5.73 Å². The van der Waals surface area contributed by atoms with Crippen molar-refractivity contribution in [3.05, 3.63) is 42.0 Å². The van der Waals surface area contributed by atoms with Gasteiger partial charge in [-0.3, -0.25) is 0 Å². The Labute approximate surface area is 75.4 Å². The molecule has 0 bridgehead atoms. The molecule has 0 aliphatic carbocycles. The molecule has 0 atom stereocenters. The van der Waals surface area contributed by atoms with Gasteiger partial charge >= 0.3 is 0 Å². The van der Waals surface area contributed by atoms with Crippen LogP contribution in [0.5, 0.6) is 0 Å². The van der Waals surface area contributed by atoms with Crippen molar-refractivity contribution in [3.8, 4) is 0 Å². The molecule has 1 aromatic carbocycles. The Hall–Kier alpha value is -1.84. The summed E-state index contributed by atoms with van der Waals surface area (Å²) in [6.07, 6.45) is 2.05. The molecular weight excluding hydrogens is 166 g/mol. The number of hydrogen-bond acceptors (Lipinski definition) is 4. The number of aromatic nitrogens is 2. The minimum Gasteiger partial charge on any atom is -0.399 e. The van der Waals surface area contributed by atoms with E-state index in [-0.39, 0.29) is 0 Å². The standard InChI is InChI=1S/C9H9N3O/c10-8-3-1-7(2-4-8)5-9-11-6-12-13-9/h1-4,6H,5,10H2. The Morgan fingerprint density at radius 3 is 2.62 bits per heavy atom. The number of nitrogens with two attached hydrogens (primary N) is 1. The van der Waals surface area contributed by atoms with E-state index in [4.69, 9.17) is 10.3 Å². The first-order chi connectivity index (χ1) is 6.34. The fraction of sp³-hybridized carbons (Fsp3) is 0.111. The molecule has 0 unspecified atom stereocenters. The Balaban J connectivity index is 2.15. The van der Waals surface area contributed by atoms with Gasteiger partial charge in [0.1, 0.15) is 0 Å². The maximum Gasteiger partial charge on any atom is 0.230 e. The number of benzene rings is 1. The average Bonchev–Trinajstić information content (AvgIpc) is 2.62. The molecule has 1 heterocycles. The first kappa shape index (κ1) is 7.79. The third-order valence-electron chi connectivity index (χ3n) is 1.74. The monoisotopic (exact) mass is 175 g/mol. The van der Waals surface area contributed by atoms with Crippen molar-refractivity contribution in [1.82, 2.24) is 10.1 Å². The quantitative estimate of drug-likeness (QED) is 0.697. The minimum atomic E-state index is 0.616. The molecule has 13 heavy (non-hydrogen) atoms. The van der Waals surface area contributed by atoms with Crippen LogP contribution in [-0.2, 0) is 6.42 Å². The molecule has 2 N–H and O–H groups in total. The van der Waals surface area contributed by atoms with Crippen molar-refractivity contribution >= 4 is 5.69 Å². The van der Waals surface area contributed by atoms with Crippen LogP contribution in [0.1, 0.15) is 11.5 Å². The van der Waals surface area contributed by atoms with Crippen molar-refractivity contribution in [2.45, 2.75) is 6.42 Å². The summed E-state index contributed by atoms with van der Waals surface area (Å²) >= 11 is 0. The molecule has 0 saturated carbocycles. The fourth-order valence-electron chi connectivity index (χ4n) is 1.08. The van der Waals surface area contributed by atoms with Crippen LogP contribution in [0.4, 0.5) is 5.69 Å². The molecule has 0 radical (unpaired) electrons. The summed E-state index contributed by atoms with van der Waals surface area (Å²) in [5, 5.41) is 3.53. The van der Waals surface area contributed by atoms with E-state index >= 15 is 0 Å². The van der Waals surface area contributed by atoms with Crippen molar-refractivity contribution < 1.29 is 4.52 Å². The molecule has 0 aliphatic rings. The van der Waals surface area contributed by atoms with Crippen LogP contribution in [0.15, 0.2) is 35.1 Å². The van der Waals surface area contributed by atoms with Crippen LogP contribution in [0.2, 0.25) is 0 Å². The SMILES string of the molecule is Nc1ccc(Cc2ncno2)cc1. The summed E-state index contributed by atoms with van der Waals surface area (Å²) in [4.78, 5) is 3.92. The lowest BCUT2D eigenvalue weighted by Gasteiger charge is -1.96. The zero-order valence-electron chi connectivity index (χ0n) is 6.97. The summed E-state index contributed by atoms with van der Waals surface area (Å²) in [5.41, 5.74) is 7.42. The van der Waals surface area contributed by atoms with Gasteiger partial charge in [0.2, 0.25) is 5.89 Å². The second-order valence-corrected chi connectivity index (χ2v) is 2.75. The number of rotatable bonds is 2. The molecule has 0 fully saturated rings. The number of nitrogen functional groups attached to an aromatic ring is 1. The van der Waals surface area contributed by atoms with Gasteiger partial charge in [0.05, 0.1) is 6.42 Å². The van der Waals surface area contributed by atoms with Gasteiger partial charge in [-0.2, -0.15) is 4.98 Å². The lowest BCUT2D eigenvalue weighted by molar-refractivity contribution is 0.384. The fourth-order valence-corrected chi connectivity index (χ4v) is 1.08. The van der Waals surface area contributed by atoms with E-state index in [0.29, 0.717) is 12.3 Å². The lowest BCUT2D eigenvalue weighted by atomic mass is 10.1. The first-order valence-corrected chi connectivity index (χ1v) is 3.94. The van der Waals surface area contributed by atoms with Gasteiger partial charge in [-0.15, -0.1) is 0 Å². The molecule has 0 spiro atoms. The summed E-state index contributed by atoms with van der Waals surface area (Å²) < 4.78 is 4.88. The molecule has 66 valence electrons. The van der Waals surface area contributed by atoms with E-state index in [1.807, 2.05) is 24.3 Å².